The maximum absolute atomic E-state index is 11.9. The fourth-order valence-corrected chi connectivity index (χ4v) is 1.86. The highest BCUT2D eigenvalue weighted by molar-refractivity contribution is 6.47. The van der Waals surface area contributed by atoms with Crippen LogP contribution < -0.4 is 16.1 Å². The van der Waals surface area contributed by atoms with Crippen LogP contribution in [0.1, 0.15) is 33.3 Å². The SMILES string of the molecule is CC(C)(O)C(C)(C)O[B]c1ccc(NC(=O)NCc2cccnc2)cc1. The van der Waals surface area contributed by atoms with E-state index in [1.54, 1.807) is 45.9 Å². The summed E-state index contributed by atoms with van der Waals surface area (Å²) in [6, 6.07) is 10.7. The number of nitrogens with zero attached hydrogens (tertiary/aromatic N) is 1. The Morgan fingerprint density at radius 3 is 2.46 bits per heavy atom. The number of aromatic nitrogens is 1. The first-order valence-corrected chi connectivity index (χ1v) is 8.45. The van der Waals surface area contributed by atoms with Gasteiger partial charge in [0, 0.05) is 24.6 Å². The van der Waals surface area contributed by atoms with Gasteiger partial charge in [-0.05, 0) is 51.5 Å². The third-order valence-corrected chi connectivity index (χ3v) is 4.31. The molecule has 7 heteroatoms. The van der Waals surface area contributed by atoms with E-state index in [1.807, 2.05) is 38.1 Å². The number of pyridine rings is 1. The van der Waals surface area contributed by atoms with Crippen LogP contribution in [0.4, 0.5) is 10.5 Å². The Kier molecular flexibility index (Phi) is 6.39. The molecule has 3 N–H and O–H groups in total. The number of carbonyl (C=O) groups excluding carboxylic acids is 1. The summed E-state index contributed by atoms with van der Waals surface area (Å²) in [4.78, 5) is 15.9. The zero-order valence-corrected chi connectivity index (χ0v) is 15.6. The Labute approximate surface area is 155 Å². The van der Waals surface area contributed by atoms with Crippen LogP contribution in [-0.2, 0) is 11.2 Å². The normalized spacial score (nSPS) is 11.7. The standard InChI is InChI=1S/C19H25BN3O3/c1-18(2,25)19(3,4)26-20-15-7-9-16(10-8-15)23-17(24)22-13-14-6-5-11-21-12-14/h5-12,25H,13H2,1-4H3,(H2,22,23,24). The minimum Gasteiger partial charge on any atom is -0.427 e. The first-order chi connectivity index (χ1) is 12.2. The number of rotatable bonds is 7. The number of aliphatic hydroxyl groups is 1. The Hall–Kier alpha value is -2.38. The topological polar surface area (TPSA) is 83.5 Å². The summed E-state index contributed by atoms with van der Waals surface area (Å²) in [7, 11) is 1.60. The molecule has 137 valence electrons. The van der Waals surface area contributed by atoms with E-state index in [4.69, 9.17) is 4.65 Å². The van der Waals surface area contributed by atoms with Gasteiger partial charge in [-0.15, -0.1) is 0 Å². The fraction of sp³-hybridized carbons (Fsp3) is 0.368. The third-order valence-electron chi connectivity index (χ3n) is 4.31. The summed E-state index contributed by atoms with van der Waals surface area (Å²) in [6.45, 7) is 7.47. The molecule has 0 saturated heterocycles. The van der Waals surface area contributed by atoms with Crippen LogP contribution in [-0.4, -0.2) is 34.8 Å². The molecule has 1 aromatic carbocycles. The van der Waals surface area contributed by atoms with Crippen LogP contribution in [0, 0.1) is 0 Å². The second-order valence-corrected chi connectivity index (χ2v) is 7.10. The molecule has 0 spiro atoms. The van der Waals surface area contributed by atoms with Crippen LogP contribution in [0.5, 0.6) is 0 Å². The predicted molar refractivity (Wildman–Crippen MR) is 103 cm³/mol. The van der Waals surface area contributed by atoms with Gasteiger partial charge in [0.1, 0.15) is 0 Å². The lowest BCUT2D eigenvalue weighted by Gasteiger charge is -2.37. The molecule has 2 amide bonds. The first-order valence-electron chi connectivity index (χ1n) is 8.45. The lowest BCUT2D eigenvalue weighted by Crippen LogP contribution is -2.49. The summed E-state index contributed by atoms with van der Waals surface area (Å²) in [5, 5.41) is 15.6. The van der Waals surface area contributed by atoms with Crippen LogP contribution in [0.25, 0.3) is 0 Å². The van der Waals surface area contributed by atoms with Crippen LogP contribution in [0.3, 0.4) is 0 Å². The fourth-order valence-electron chi connectivity index (χ4n) is 1.86. The number of anilines is 1. The molecule has 1 aromatic heterocycles. The maximum Gasteiger partial charge on any atom is 0.330 e. The van der Waals surface area contributed by atoms with E-state index in [9.17, 15) is 9.90 Å². The van der Waals surface area contributed by atoms with Gasteiger partial charge in [-0.25, -0.2) is 4.79 Å². The van der Waals surface area contributed by atoms with Gasteiger partial charge in [-0.2, -0.15) is 0 Å². The number of amides is 2. The molecule has 0 aliphatic rings. The van der Waals surface area contributed by atoms with Crippen molar-refractivity contribution in [2.24, 2.45) is 0 Å². The number of hydrogen-bond donors (Lipinski definition) is 3. The summed E-state index contributed by atoms with van der Waals surface area (Å²) in [6.07, 6.45) is 3.40. The molecule has 26 heavy (non-hydrogen) atoms. The molecule has 0 aliphatic heterocycles. The molecule has 1 radical (unpaired) electrons. The van der Waals surface area contributed by atoms with E-state index < -0.39 is 11.2 Å². The minimum absolute atomic E-state index is 0.287. The molecule has 0 aliphatic carbocycles. The van der Waals surface area contributed by atoms with Crippen molar-refractivity contribution in [3.8, 4) is 0 Å². The monoisotopic (exact) mass is 354 g/mol. The van der Waals surface area contributed by atoms with Crippen LogP contribution in [0.2, 0.25) is 0 Å². The van der Waals surface area contributed by atoms with Crippen LogP contribution in [0.15, 0.2) is 48.8 Å². The molecule has 2 aromatic rings. The molecular weight excluding hydrogens is 329 g/mol. The molecule has 1 heterocycles. The van der Waals surface area contributed by atoms with Gasteiger partial charge in [0.2, 0.25) is 0 Å². The van der Waals surface area contributed by atoms with E-state index in [-0.39, 0.29) is 6.03 Å². The average molecular weight is 354 g/mol. The van der Waals surface area contributed by atoms with Crippen molar-refractivity contribution in [1.82, 2.24) is 10.3 Å². The van der Waals surface area contributed by atoms with E-state index in [2.05, 4.69) is 15.6 Å². The van der Waals surface area contributed by atoms with E-state index in [0.29, 0.717) is 12.2 Å². The Bertz CT molecular complexity index is 713. The Morgan fingerprint density at radius 2 is 1.88 bits per heavy atom. The molecule has 0 saturated carbocycles. The van der Waals surface area contributed by atoms with Crippen molar-refractivity contribution in [3.05, 3.63) is 54.4 Å². The summed E-state index contributed by atoms with van der Waals surface area (Å²) in [5.74, 6) is 0. The van der Waals surface area contributed by atoms with Gasteiger partial charge >= 0.3 is 13.5 Å². The van der Waals surface area contributed by atoms with Gasteiger partial charge in [-0.3, -0.25) is 4.98 Å². The van der Waals surface area contributed by atoms with Crippen molar-refractivity contribution < 1.29 is 14.6 Å². The van der Waals surface area contributed by atoms with Gasteiger partial charge in [0.15, 0.2) is 0 Å². The van der Waals surface area contributed by atoms with Crippen molar-refractivity contribution in [1.29, 1.82) is 0 Å². The number of benzene rings is 1. The zero-order valence-electron chi connectivity index (χ0n) is 15.6. The highest BCUT2D eigenvalue weighted by atomic mass is 16.5. The van der Waals surface area contributed by atoms with Gasteiger partial charge in [0.05, 0.1) is 11.2 Å². The lowest BCUT2D eigenvalue weighted by molar-refractivity contribution is -0.0893. The zero-order chi connectivity index (χ0) is 19.2. The van der Waals surface area contributed by atoms with Crippen molar-refractivity contribution >= 4 is 24.7 Å². The highest BCUT2D eigenvalue weighted by Gasteiger charge is 2.35. The van der Waals surface area contributed by atoms with E-state index >= 15 is 0 Å². The first kappa shape index (κ1) is 19.9. The molecule has 0 fully saturated rings. The second-order valence-electron chi connectivity index (χ2n) is 7.10. The molecule has 0 unspecified atom stereocenters. The smallest absolute Gasteiger partial charge is 0.330 e. The summed E-state index contributed by atoms with van der Waals surface area (Å²) < 4.78 is 5.71. The van der Waals surface area contributed by atoms with Crippen molar-refractivity contribution in [2.45, 2.75) is 45.4 Å². The third kappa shape index (κ3) is 5.86. The second kappa shape index (κ2) is 8.34. The van der Waals surface area contributed by atoms with Gasteiger partial charge < -0.3 is 20.4 Å². The number of hydrogen-bond acceptors (Lipinski definition) is 4. The molecule has 0 atom stereocenters. The Morgan fingerprint density at radius 1 is 1.19 bits per heavy atom. The lowest BCUT2D eigenvalue weighted by atomic mass is 9.82. The largest absolute Gasteiger partial charge is 0.427 e. The highest BCUT2D eigenvalue weighted by Crippen LogP contribution is 2.24. The van der Waals surface area contributed by atoms with Crippen molar-refractivity contribution in [2.75, 3.05) is 5.32 Å². The average Bonchev–Trinajstić information content (AvgIpc) is 2.59. The number of carbonyl (C=O) groups is 1. The molecular formula is C19H25BN3O3. The minimum atomic E-state index is -0.975. The summed E-state index contributed by atoms with van der Waals surface area (Å²) in [5.41, 5.74) is 0.739. The maximum atomic E-state index is 11.9. The van der Waals surface area contributed by atoms with Gasteiger partial charge in [-0.1, -0.05) is 23.7 Å². The summed E-state index contributed by atoms with van der Waals surface area (Å²) >= 11 is 0. The van der Waals surface area contributed by atoms with E-state index in [0.717, 1.165) is 11.0 Å². The molecule has 2 rings (SSSR count). The number of urea groups is 1. The Balaban J connectivity index is 1.82. The van der Waals surface area contributed by atoms with E-state index in [1.165, 1.54) is 0 Å². The van der Waals surface area contributed by atoms with Crippen LogP contribution >= 0.6 is 0 Å². The molecule has 0 bridgehead atoms. The number of nitrogens with one attached hydrogen (secondary N) is 2. The quantitative estimate of drug-likeness (QED) is 0.666. The predicted octanol–water partition coefficient (Wildman–Crippen LogP) is 2.21. The van der Waals surface area contributed by atoms with Crippen molar-refractivity contribution in [3.63, 3.8) is 0 Å². The van der Waals surface area contributed by atoms with Gasteiger partial charge in [0.25, 0.3) is 0 Å². The molecule has 6 nitrogen and oxygen atoms in total.